The first-order valence-corrected chi connectivity index (χ1v) is 18.6. The molecule has 2 heterocycles. The maximum Gasteiger partial charge on any atom is 0.131 e. The van der Waals surface area contributed by atoms with Crippen LogP contribution in [-0.4, -0.2) is 9.97 Å². The molecule has 51 heavy (non-hydrogen) atoms. The highest BCUT2D eigenvalue weighted by Gasteiger charge is 2.10. The average Bonchev–Trinajstić information content (AvgIpc) is 3.15. The van der Waals surface area contributed by atoms with Gasteiger partial charge in [-0.15, -0.1) is 0 Å². The van der Waals surface area contributed by atoms with Gasteiger partial charge in [-0.05, 0) is 95.5 Å². The van der Waals surface area contributed by atoms with Gasteiger partial charge >= 0.3 is 0 Å². The minimum absolute atomic E-state index is 0.229. The lowest BCUT2D eigenvalue weighted by Gasteiger charge is -2.08. The maximum absolute atomic E-state index is 14.6. The molecule has 4 aromatic carbocycles. The summed E-state index contributed by atoms with van der Waals surface area (Å²) in [5, 5.41) is 0.862. The molecule has 0 aliphatic carbocycles. The predicted octanol–water partition coefficient (Wildman–Crippen LogP) is 14.3. The van der Waals surface area contributed by atoms with Crippen molar-refractivity contribution in [3.8, 4) is 44.5 Å². The Bertz CT molecular complexity index is 1960. The third kappa shape index (κ3) is 11.1. The van der Waals surface area contributed by atoms with Gasteiger partial charge in [0.2, 0.25) is 0 Å². The minimum Gasteiger partial charge on any atom is -0.244 e. The number of hydrogen-bond acceptors (Lipinski definition) is 2. The van der Waals surface area contributed by atoms with Gasteiger partial charge in [0.1, 0.15) is 21.9 Å². The molecule has 0 amide bonds. The minimum atomic E-state index is -0.230. The van der Waals surface area contributed by atoms with E-state index in [1.54, 1.807) is 36.7 Å². The van der Waals surface area contributed by atoms with Gasteiger partial charge in [0.15, 0.2) is 0 Å². The van der Waals surface area contributed by atoms with Crippen LogP contribution in [0.25, 0.3) is 44.5 Å². The summed E-state index contributed by atoms with van der Waals surface area (Å²) in [4.78, 5) is 8.10. The van der Waals surface area contributed by atoms with Crippen LogP contribution in [0.4, 0.5) is 8.78 Å². The van der Waals surface area contributed by atoms with Crippen LogP contribution in [0.2, 0.25) is 10.3 Å². The molecular formula is C45H44Cl2F2N2. The zero-order valence-corrected chi connectivity index (χ0v) is 30.8. The SMILES string of the molecule is CCCCCCc1ccc(-c2ccc(-c3ccc(Cl)nc3)cc2F)cc1.CCCCCc1ccc(-c2ccc(-c3ccc(Cl)nc3)cc2F)cc1. The summed E-state index contributed by atoms with van der Waals surface area (Å²) in [6.07, 6.45) is 14.2. The predicted molar refractivity (Wildman–Crippen MR) is 211 cm³/mol. The van der Waals surface area contributed by atoms with Gasteiger partial charge in [0.25, 0.3) is 0 Å². The molecule has 0 radical (unpaired) electrons. The quantitative estimate of drug-likeness (QED) is 0.0876. The normalized spacial score (nSPS) is 10.9. The standard InChI is InChI=1S/C23H23ClFN.C22H21ClFN/c1-2-3-4-5-6-17-7-9-18(10-8-17)21-13-11-19(15-22(21)25)20-12-14-23(24)26-16-20;1-2-3-4-5-16-6-8-17(9-7-16)20-12-10-18(14-21(20)24)19-11-13-22(23)25-15-19/h7-16H,2-6H2,1H3;6-15H,2-5H2,1H3. The van der Waals surface area contributed by atoms with E-state index in [2.05, 4.69) is 48.1 Å². The number of unbranched alkanes of at least 4 members (excludes halogenated alkanes) is 5. The number of nitrogens with zero attached hydrogens (tertiary/aromatic N) is 2. The lowest BCUT2D eigenvalue weighted by Crippen LogP contribution is -1.89. The van der Waals surface area contributed by atoms with E-state index in [1.165, 1.54) is 56.1 Å². The zero-order valence-electron chi connectivity index (χ0n) is 29.3. The van der Waals surface area contributed by atoms with Crippen LogP contribution in [0.15, 0.2) is 122 Å². The van der Waals surface area contributed by atoms with E-state index in [4.69, 9.17) is 23.2 Å². The van der Waals surface area contributed by atoms with Crippen LogP contribution in [0, 0.1) is 11.6 Å². The fourth-order valence-corrected chi connectivity index (χ4v) is 6.21. The molecule has 0 N–H and O–H groups in total. The van der Waals surface area contributed by atoms with Crippen LogP contribution < -0.4 is 0 Å². The lowest BCUT2D eigenvalue weighted by atomic mass is 9.98. The van der Waals surface area contributed by atoms with Gasteiger partial charge in [-0.3, -0.25) is 0 Å². The number of aromatic nitrogens is 2. The number of aryl methyl sites for hydroxylation is 2. The summed E-state index contributed by atoms with van der Waals surface area (Å²) in [5.41, 5.74) is 8.95. The Kier molecular flexibility index (Phi) is 14.3. The summed E-state index contributed by atoms with van der Waals surface area (Å²) in [5.74, 6) is -0.459. The van der Waals surface area contributed by atoms with Crippen molar-refractivity contribution in [3.63, 3.8) is 0 Å². The Morgan fingerprint density at radius 1 is 0.431 bits per heavy atom. The molecule has 6 heteroatoms. The van der Waals surface area contributed by atoms with E-state index < -0.39 is 0 Å². The van der Waals surface area contributed by atoms with Crippen LogP contribution in [0.5, 0.6) is 0 Å². The van der Waals surface area contributed by atoms with E-state index in [0.717, 1.165) is 46.2 Å². The molecule has 0 fully saturated rings. The molecule has 2 nitrogen and oxygen atoms in total. The molecule has 0 unspecified atom stereocenters. The third-order valence-corrected chi connectivity index (χ3v) is 9.42. The Labute approximate surface area is 311 Å². The average molecular weight is 722 g/mol. The summed E-state index contributed by atoms with van der Waals surface area (Å²) in [6.45, 7) is 4.42. The van der Waals surface area contributed by atoms with Gasteiger partial charge in [0, 0.05) is 34.6 Å². The van der Waals surface area contributed by atoms with Crippen molar-refractivity contribution >= 4 is 23.2 Å². The molecule has 262 valence electrons. The molecule has 0 saturated carbocycles. The highest BCUT2D eigenvalue weighted by Crippen LogP contribution is 2.30. The molecule has 6 aromatic rings. The Balaban J connectivity index is 0.000000198. The number of rotatable bonds is 13. The Morgan fingerprint density at radius 3 is 1.18 bits per heavy atom. The van der Waals surface area contributed by atoms with Crippen LogP contribution in [-0.2, 0) is 12.8 Å². The first-order chi connectivity index (χ1) is 24.8. The number of halogens is 4. The molecule has 0 atom stereocenters. The summed E-state index contributed by atoms with van der Waals surface area (Å²) >= 11 is 11.6. The Morgan fingerprint density at radius 2 is 0.804 bits per heavy atom. The van der Waals surface area contributed by atoms with Crippen LogP contribution in [0.1, 0.15) is 69.9 Å². The second-order valence-electron chi connectivity index (χ2n) is 12.8. The van der Waals surface area contributed by atoms with Crippen LogP contribution in [0.3, 0.4) is 0 Å². The van der Waals surface area contributed by atoms with Crippen molar-refractivity contribution in [2.24, 2.45) is 0 Å². The van der Waals surface area contributed by atoms with Crippen molar-refractivity contribution in [1.82, 2.24) is 9.97 Å². The first kappa shape index (κ1) is 37.9. The fraction of sp³-hybridized carbons (Fsp3) is 0.244. The monoisotopic (exact) mass is 720 g/mol. The molecule has 6 rings (SSSR count). The highest BCUT2D eigenvalue weighted by molar-refractivity contribution is 6.29. The van der Waals surface area contributed by atoms with E-state index in [0.29, 0.717) is 21.4 Å². The summed E-state index contributed by atoms with van der Waals surface area (Å²) < 4.78 is 29.2. The second kappa shape index (κ2) is 19.3. The largest absolute Gasteiger partial charge is 0.244 e. The highest BCUT2D eigenvalue weighted by atomic mass is 35.5. The molecule has 0 saturated heterocycles. The molecule has 2 aromatic heterocycles. The summed E-state index contributed by atoms with van der Waals surface area (Å²) in [7, 11) is 0. The fourth-order valence-electron chi connectivity index (χ4n) is 5.99. The van der Waals surface area contributed by atoms with Gasteiger partial charge < -0.3 is 0 Å². The van der Waals surface area contributed by atoms with Gasteiger partial charge in [-0.25, -0.2) is 18.7 Å². The van der Waals surface area contributed by atoms with Gasteiger partial charge in [0.05, 0.1) is 0 Å². The van der Waals surface area contributed by atoms with Gasteiger partial charge in [-0.1, -0.05) is 142 Å². The van der Waals surface area contributed by atoms with Crippen molar-refractivity contribution in [1.29, 1.82) is 0 Å². The molecular weight excluding hydrogens is 677 g/mol. The van der Waals surface area contributed by atoms with E-state index in [9.17, 15) is 8.78 Å². The van der Waals surface area contributed by atoms with Crippen molar-refractivity contribution in [2.45, 2.75) is 71.6 Å². The van der Waals surface area contributed by atoms with Crippen LogP contribution >= 0.6 is 23.2 Å². The topological polar surface area (TPSA) is 25.8 Å². The number of benzene rings is 4. The first-order valence-electron chi connectivity index (χ1n) is 17.9. The van der Waals surface area contributed by atoms with Crippen molar-refractivity contribution < 1.29 is 8.78 Å². The smallest absolute Gasteiger partial charge is 0.131 e. The van der Waals surface area contributed by atoms with Gasteiger partial charge in [-0.2, -0.15) is 0 Å². The van der Waals surface area contributed by atoms with E-state index in [-0.39, 0.29) is 11.6 Å². The van der Waals surface area contributed by atoms with Crippen molar-refractivity contribution in [3.05, 3.63) is 155 Å². The Hall–Kier alpha value is -4.38. The summed E-state index contributed by atoms with van der Waals surface area (Å²) in [6, 6.07) is 34.1. The lowest BCUT2D eigenvalue weighted by molar-refractivity contribution is 0.631. The third-order valence-electron chi connectivity index (χ3n) is 8.98. The van der Waals surface area contributed by atoms with E-state index >= 15 is 0 Å². The maximum atomic E-state index is 14.6. The second-order valence-corrected chi connectivity index (χ2v) is 13.6. The van der Waals surface area contributed by atoms with E-state index in [1.807, 2.05) is 60.7 Å². The molecule has 0 spiro atoms. The van der Waals surface area contributed by atoms with Crippen molar-refractivity contribution in [2.75, 3.05) is 0 Å². The molecule has 0 bridgehead atoms. The number of pyridine rings is 2. The molecule has 0 aliphatic rings. The number of hydrogen-bond donors (Lipinski definition) is 0. The zero-order chi connectivity index (χ0) is 36.0. The molecule has 0 aliphatic heterocycles.